The van der Waals surface area contributed by atoms with Gasteiger partial charge in [0.25, 0.3) is 0 Å². The molecule has 0 fully saturated rings. The Morgan fingerprint density at radius 3 is 2.78 bits per heavy atom. The number of anilines is 1. The number of carboxylic acids is 1. The van der Waals surface area contributed by atoms with Gasteiger partial charge in [0.15, 0.2) is 0 Å². The molecule has 0 aliphatic carbocycles. The Kier molecular flexibility index (Phi) is 5.51. The summed E-state index contributed by atoms with van der Waals surface area (Å²) in [6.45, 7) is 0.0681. The smallest absolute Gasteiger partial charge is 0.337 e. The second-order valence-corrected chi connectivity index (χ2v) is 4.79. The van der Waals surface area contributed by atoms with Gasteiger partial charge < -0.3 is 20.9 Å². The molecule has 1 aromatic carbocycles. The minimum absolute atomic E-state index is 0.0277. The van der Waals surface area contributed by atoms with Crippen LogP contribution in [-0.4, -0.2) is 36.7 Å². The number of hydrogen-bond acceptors (Lipinski definition) is 4. The first kappa shape index (κ1) is 14.9. The van der Waals surface area contributed by atoms with Crippen LogP contribution in [0.1, 0.15) is 10.4 Å². The molecule has 1 unspecified atom stereocenters. The van der Waals surface area contributed by atoms with Crippen LogP contribution in [0.2, 0.25) is 0 Å². The zero-order valence-electron chi connectivity index (χ0n) is 9.64. The number of amides is 1. The van der Waals surface area contributed by atoms with Gasteiger partial charge in [-0.1, -0.05) is 0 Å². The number of rotatable bonds is 5. The number of methoxy groups -OCH3 is 1. The summed E-state index contributed by atoms with van der Waals surface area (Å²) >= 11 is 2.00. The van der Waals surface area contributed by atoms with Crippen molar-refractivity contribution in [1.29, 1.82) is 0 Å². The number of nitrogens with one attached hydrogen (secondary N) is 1. The Morgan fingerprint density at radius 2 is 2.22 bits per heavy atom. The third kappa shape index (κ3) is 3.93. The van der Waals surface area contributed by atoms with Crippen LogP contribution >= 0.6 is 22.6 Å². The number of carbonyl (C=O) groups excluding carboxylic acids is 1. The van der Waals surface area contributed by atoms with Crippen molar-refractivity contribution < 1.29 is 19.4 Å². The Hall–Kier alpha value is -1.19. The fraction of sp³-hybridized carbons (Fsp3) is 0.273. The highest BCUT2D eigenvalue weighted by atomic mass is 127. The Labute approximate surface area is 118 Å². The van der Waals surface area contributed by atoms with E-state index in [-0.39, 0.29) is 17.9 Å². The molecule has 0 bridgehead atoms. The molecule has 1 aromatic rings. The van der Waals surface area contributed by atoms with Crippen LogP contribution in [0, 0.1) is 3.57 Å². The summed E-state index contributed by atoms with van der Waals surface area (Å²) < 4.78 is 5.52. The van der Waals surface area contributed by atoms with E-state index in [4.69, 9.17) is 15.6 Å². The van der Waals surface area contributed by atoms with Gasteiger partial charge in [0.05, 0.1) is 17.9 Å². The van der Waals surface area contributed by atoms with Crippen LogP contribution in [0.5, 0.6) is 0 Å². The van der Waals surface area contributed by atoms with Crippen molar-refractivity contribution in [2.75, 3.05) is 19.0 Å². The molecule has 1 atom stereocenters. The van der Waals surface area contributed by atoms with E-state index in [0.29, 0.717) is 0 Å². The number of benzene rings is 1. The van der Waals surface area contributed by atoms with Crippen LogP contribution < -0.4 is 11.1 Å². The van der Waals surface area contributed by atoms with E-state index in [9.17, 15) is 9.59 Å². The first-order valence-corrected chi connectivity index (χ1v) is 6.11. The van der Waals surface area contributed by atoms with Crippen LogP contribution in [-0.2, 0) is 9.53 Å². The highest BCUT2D eigenvalue weighted by Crippen LogP contribution is 2.19. The Balaban J connectivity index is 2.90. The molecule has 0 aliphatic rings. The molecule has 18 heavy (non-hydrogen) atoms. The van der Waals surface area contributed by atoms with Crippen LogP contribution in [0.25, 0.3) is 0 Å². The Bertz CT molecular complexity index is 464. The van der Waals surface area contributed by atoms with E-state index in [0.717, 1.165) is 3.57 Å². The highest BCUT2D eigenvalue weighted by Gasteiger charge is 2.17. The van der Waals surface area contributed by atoms with Gasteiger partial charge in [-0.25, -0.2) is 4.79 Å². The minimum atomic E-state index is -1.11. The third-order valence-corrected chi connectivity index (χ3v) is 2.82. The standard InChI is InChI=1S/C11H13IN2O4/c1-18-5-8(13)10(15)14-9-3-2-6(12)4-7(9)11(16)17/h2-4,8H,5,13H2,1H3,(H,14,15)(H,16,17). The first-order chi connectivity index (χ1) is 8.45. The number of nitrogens with two attached hydrogens (primary N) is 1. The van der Waals surface area contributed by atoms with E-state index in [1.54, 1.807) is 6.07 Å². The Morgan fingerprint density at radius 1 is 1.56 bits per heavy atom. The van der Waals surface area contributed by atoms with Crippen molar-refractivity contribution in [2.24, 2.45) is 5.73 Å². The summed E-state index contributed by atoms with van der Waals surface area (Å²) in [5, 5.41) is 11.5. The maximum atomic E-state index is 11.7. The lowest BCUT2D eigenvalue weighted by molar-refractivity contribution is -0.118. The summed E-state index contributed by atoms with van der Waals surface area (Å²) in [7, 11) is 1.43. The van der Waals surface area contributed by atoms with Crippen molar-refractivity contribution >= 4 is 40.2 Å². The summed E-state index contributed by atoms with van der Waals surface area (Å²) in [6, 6.07) is 3.86. The topological polar surface area (TPSA) is 102 Å². The number of carbonyl (C=O) groups is 2. The van der Waals surface area contributed by atoms with E-state index >= 15 is 0 Å². The molecule has 0 spiro atoms. The fourth-order valence-electron chi connectivity index (χ4n) is 1.28. The predicted octanol–water partition coefficient (Wildman–Crippen LogP) is 0.902. The summed E-state index contributed by atoms with van der Waals surface area (Å²) in [5.74, 6) is -1.59. The number of aromatic carboxylic acids is 1. The molecule has 0 radical (unpaired) electrons. The highest BCUT2D eigenvalue weighted by molar-refractivity contribution is 14.1. The first-order valence-electron chi connectivity index (χ1n) is 5.04. The number of halogens is 1. The quantitative estimate of drug-likeness (QED) is 0.674. The number of hydrogen-bond donors (Lipinski definition) is 3. The van der Waals surface area contributed by atoms with Crippen molar-refractivity contribution in [3.63, 3.8) is 0 Å². The lowest BCUT2D eigenvalue weighted by Gasteiger charge is -2.13. The van der Waals surface area contributed by atoms with E-state index in [1.807, 2.05) is 22.6 Å². The van der Waals surface area contributed by atoms with Gasteiger partial charge in [-0.05, 0) is 40.8 Å². The van der Waals surface area contributed by atoms with E-state index < -0.39 is 17.9 Å². The zero-order valence-corrected chi connectivity index (χ0v) is 11.8. The van der Waals surface area contributed by atoms with Gasteiger partial charge in [-0.2, -0.15) is 0 Å². The zero-order chi connectivity index (χ0) is 13.7. The molecule has 0 aliphatic heterocycles. The maximum Gasteiger partial charge on any atom is 0.337 e. The predicted molar refractivity (Wildman–Crippen MR) is 74.6 cm³/mol. The molecule has 98 valence electrons. The SMILES string of the molecule is COCC(N)C(=O)Nc1ccc(I)cc1C(=O)O. The molecule has 0 saturated heterocycles. The lowest BCUT2D eigenvalue weighted by atomic mass is 10.1. The van der Waals surface area contributed by atoms with Crippen molar-refractivity contribution in [2.45, 2.75) is 6.04 Å². The molecule has 0 heterocycles. The fourth-order valence-corrected chi connectivity index (χ4v) is 1.77. The molecule has 0 saturated carbocycles. The molecule has 6 nitrogen and oxygen atoms in total. The average Bonchev–Trinajstić information content (AvgIpc) is 2.31. The number of carboxylic acid groups (broad SMARTS) is 1. The van der Waals surface area contributed by atoms with E-state index in [2.05, 4.69) is 5.32 Å². The maximum absolute atomic E-state index is 11.7. The average molecular weight is 364 g/mol. The summed E-state index contributed by atoms with van der Waals surface area (Å²) in [4.78, 5) is 22.7. The van der Waals surface area contributed by atoms with Gasteiger partial charge in [-0.3, -0.25) is 4.79 Å². The monoisotopic (exact) mass is 364 g/mol. The second-order valence-electron chi connectivity index (χ2n) is 3.55. The molecular weight excluding hydrogens is 351 g/mol. The summed E-state index contributed by atoms with van der Waals surface area (Å²) in [5.41, 5.74) is 5.80. The third-order valence-electron chi connectivity index (χ3n) is 2.15. The molecule has 1 amide bonds. The van der Waals surface area contributed by atoms with Gasteiger partial charge >= 0.3 is 5.97 Å². The molecule has 0 aromatic heterocycles. The molecular formula is C11H13IN2O4. The van der Waals surface area contributed by atoms with E-state index in [1.165, 1.54) is 19.2 Å². The van der Waals surface area contributed by atoms with Crippen molar-refractivity contribution in [1.82, 2.24) is 0 Å². The summed E-state index contributed by atoms with van der Waals surface area (Å²) in [6.07, 6.45) is 0. The van der Waals surface area contributed by atoms with Crippen LogP contribution in [0.4, 0.5) is 5.69 Å². The molecule has 7 heteroatoms. The van der Waals surface area contributed by atoms with Crippen molar-refractivity contribution in [3.05, 3.63) is 27.3 Å². The van der Waals surface area contributed by atoms with Gasteiger partial charge in [-0.15, -0.1) is 0 Å². The normalized spacial score (nSPS) is 11.9. The molecule has 1 rings (SSSR count). The van der Waals surface area contributed by atoms with Gasteiger partial charge in [0.2, 0.25) is 5.91 Å². The van der Waals surface area contributed by atoms with Crippen molar-refractivity contribution in [3.8, 4) is 0 Å². The molecule has 4 N–H and O–H groups in total. The van der Waals surface area contributed by atoms with Gasteiger partial charge in [0, 0.05) is 10.7 Å². The second kappa shape index (κ2) is 6.66. The van der Waals surface area contributed by atoms with Crippen LogP contribution in [0.15, 0.2) is 18.2 Å². The lowest BCUT2D eigenvalue weighted by Crippen LogP contribution is -2.39. The largest absolute Gasteiger partial charge is 0.478 e. The minimum Gasteiger partial charge on any atom is -0.478 e. The van der Waals surface area contributed by atoms with Crippen LogP contribution in [0.3, 0.4) is 0 Å². The number of ether oxygens (including phenoxy) is 1. The van der Waals surface area contributed by atoms with Gasteiger partial charge in [0.1, 0.15) is 6.04 Å².